The minimum Gasteiger partial charge on any atom is -0.497 e. The van der Waals surface area contributed by atoms with E-state index in [2.05, 4.69) is 30.2 Å². The van der Waals surface area contributed by atoms with E-state index in [1.54, 1.807) is 160 Å². The molecule has 3 unspecified atom stereocenters. The van der Waals surface area contributed by atoms with E-state index in [1.165, 1.54) is 57.4 Å². The van der Waals surface area contributed by atoms with Gasteiger partial charge < -0.3 is 58.4 Å². The normalized spacial score (nSPS) is 12.6. The maximum atomic E-state index is 13.3. The molecule has 102 heavy (non-hydrogen) atoms. The van der Waals surface area contributed by atoms with Gasteiger partial charge in [0.05, 0.1) is 97.4 Å². The molecule has 3 atom stereocenters. The number of alkyl halides is 9. The highest BCUT2D eigenvalue weighted by Crippen LogP contribution is 2.41. The Kier molecular flexibility index (Phi) is 22.3. The zero-order valence-corrected chi connectivity index (χ0v) is 56.2. The molecule has 0 radical (unpaired) electrons. The first-order valence-electron chi connectivity index (χ1n) is 31.0. The van der Waals surface area contributed by atoms with Crippen LogP contribution in [0, 0.1) is 0 Å². The van der Waals surface area contributed by atoms with Crippen LogP contribution in [0.2, 0.25) is 0 Å². The van der Waals surface area contributed by atoms with Gasteiger partial charge in [-0.15, -0.1) is 0 Å². The van der Waals surface area contributed by atoms with E-state index < -0.39 is 56.5 Å². The van der Waals surface area contributed by atoms with E-state index in [4.69, 9.17) is 28.4 Å². The summed E-state index contributed by atoms with van der Waals surface area (Å²) in [6.07, 6.45) is -6.23. The third-order valence-corrected chi connectivity index (χ3v) is 16.2. The van der Waals surface area contributed by atoms with Crippen LogP contribution in [0.15, 0.2) is 183 Å². The topological polar surface area (TPSA) is 218 Å². The zero-order chi connectivity index (χ0) is 73.4. The molecule has 0 saturated heterocycles. The molecule has 0 aliphatic carbocycles. The molecule has 12 aromatic rings. The predicted molar refractivity (Wildman–Crippen MR) is 368 cm³/mol. The number of benzene rings is 6. The summed E-state index contributed by atoms with van der Waals surface area (Å²) in [5.74, 6) is 2.43. The molecule has 12 rings (SSSR count). The molecule has 21 nitrogen and oxygen atoms in total. The smallest absolute Gasteiger partial charge is 0.416 e. The van der Waals surface area contributed by atoms with Gasteiger partial charge in [-0.3, -0.25) is 29.0 Å². The lowest BCUT2D eigenvalue weighted by molar-refractivity contribution is -0.200. The summed E-state index contributed by atoms with van der Waals surface area (Å²) in [7, 11) is 14.1. The van der Waals surface area contributed by atoms with Gasteiger partial charge in [-0.1, -0.05) is 0 Å². The Hall–Kier alpha value is -11.4. The summed E-state index contributed by atoms with van der Waals surface area (Å²) < 4.78 is 156. The number of aliphatic hydroxyl groups is 3. The van der Waals surface area contributed by atoms with Gasteiger partial charge >= 0.3 is 18.5 Å². The fraction of sp³-hybridized carbons (Fsp3) is 0.250. The molecule has 0 fully saturated rings. The highest BCUT2D eigenvalue weighted by atomic mass is 19.4. The molecule has 30 heteroatoms. The molecule has 0 aliphatic rings. The van der Waals surface area contributed by atoms with Crippen LogP contribution in [0.5, 0.6) is 34.5 Å². The summed E-state index contributed by atoms with van der Waals surface area (Å²) in [5.41, 5.74) is 9.53. The van der Waals surface area contributed by atoms with Crippen molar-refractivity contribution in [2.24, 2.45) is 21.1 Å². The van der Waals surface area contributed by atoms with Crippen LogP contribution < -0.4 is 43.1 Å². The third-order valence-electron chi connectivity index (χ3n) is 16.2. The fourth-order valence-corrected chi connectivity index (χ4v) is 10.8. The maximum absolute atomic E-state index is 13.3. The van der Waals surface area contributed by atoms with E-state index in [9.17, 15) is 54.8 Å². The van der Waals surface area contributed by atoms with Crippen LogP contribution in [0.25, 0.3) is 66.1 Å². The fourth-order valence-electron chi connectivity index (χ4n) is 10.8. The van der Waals surface area contributed by atoms with Crippen molar-refractivity contribution in [1.82, 2.24) is 44.3 Å². The summed E-state index contributed by atoms with van der Waals surface area (Å²) >= 11 is 0. The SMILES string of the molecule is COc1cc(OC)cc(N(CC(O)C(F)(F)F)c2ccc3ncc(-c4cnn(C)c4)cc3c2)c1.COc1cc(OC)cc(N(CC(O)C(F)(F)F)c2ccc3ncc(-c4cnn(C)c4)cc3c2)c1.COc1cc(OC)cc(N(CC(O)C(F)(F)F)c2ccc3ncc(-c4cnn(C)c4)cc3c2)c1. The molecule has 6 aromatic heterocycles. The second kappa shape index (κ2) is 31.0. The third kappa shape index (κ3) is 17.8. The van der Waals surface area contributed by atoms with Crippen molar-refractivity contribution in [3.8, 4) is 67.9 Å². The van der Waals surface area contributed by atoms with E-state index in [0.717, 1.165) is 49.5 Å². The van der Waals surface area contributed by atoms with Gasteiger partial charge in [-0.25, -0.2) is 0 Å². The molecule has 6 aromatic carbocycles. The minimum atomic E-state index is -4.78. The van der Waals surface area contributed by atoms with E-state index >= 15 is 0 Å². The molecular weight excluding hydrogens is 1350 g/mol. The Bertz CT molecular complexity index is 4330. The monoisotopic (exact) mass is 1420 g/mol. The number of aliphatic hydroxyl groups excluding tert-OH is 3. The Morgan fingerprint density at radius 1 is 0.324 bits per heavy atom. The van der Waals surface area contributed by atoms with Gasteiger partial charge in [-0.05, 0) is 72.8 Å². The number of halogens is 9. The van der Waals surface area contributed by atoms with E-state index in [0.29, 0.717) is 85.2 Å². The molecule has 0 saturated carbocycles. The van der Waals surface area contributed by atoms with Gasteiger partial charge in [0.1, 0.15) is 34.5 Å². The number of hydrogen-bond donors (Lipinski definition) is 3. The van der Waals surface area contributed by atoms with Gasteiger partial charge in [0, 0.05) is 197 Å². The second-order valence-electron chi connectivity index (χ2n) is 23.2. The van der Waals surface area contributed by atoms with Crippen molar-refractivity contribution in [2.45, 2.75) is 36.8 Å². The first-order chi connectivity index (χ1) is 48.5. The molecular formula is C72H69F9N12O9. The van der Waals surface area contributed by atoms with E-state index in [1.807, 2.05) is 57.9 Å². The van der Waals surface area contributed by atoms with Crippen LogP contribution in [-0.4, -0.2) is 159 Å². The Morgan fingerprint density at radius 2 is 0.559 bits per heavy atom. The first-order valence-corrected chi connectivity index (χ1v) is 31.0. The van der Waals surface area contributed by atoms with Gasteiger partial charge in [0.15, 0.2) is 18.3 Å². The lowest BCUT2D eigenvalue weighted by atomic mass is 10.1. The van der Waals surface area contributed by atoms with Crippen LogP contribution in [0.1, 0.15) is 0 Å². The number of aryl methyl sites for hydroxylation is 3. The number of rotatable bonds is 21. The van der Waals surface area contributed by atoms with Crippen LogP contribution >= 0.6 is 0 Å². The maximum Gasteiger partial charge on any atom is 0.416 e. The standard InChI is InChI=1S/3C24H23F3N4O3/c3*1-30-13-17(12-29-30)16-6-15-7-18(4-5-22(15)28-11-16)31(14-23(32)24(25,26)27)19-8-20(33-2)10-21(9-19)34-3/h3*4-13,23,32H,14H2,1-3H3. The predicted octanol–water partition coefficient (Wildman–Crippen LogP) is 14.1. The summed E-state index contributed by atoms with van der Waals surface area (Å²) in [4.78, 5) is 17.5. The Balaban J connectivity index is 0.000000165. The molecule has 0 amide bonds. The van der Waals surface area contributed by atoms with E-state index in [-0.39, 0.29) is 0 Å². The molecule has 6 heterocycles. The van der Waals surface area contributed by atoms with Crippen molar-refractivity contribution < 1.29 is 83.3 Å². The number of anilines is 6. The summed E-state index contributed by atoms with van der Waals surface area (Å²) in [6.45, 7) is -2.16. The Labute approximate surface area is 578 Å². The number of fused-ring (bicyclic) bond motifs is 3. The number of hydrogen-bond acceptors (Lipinski definition) is 18. The quantitative estimate of drug-likeness (QED) is 0.0570. The molecule has 0 bridgehead atoms. The number of methoxy groups -OCH3 is 6. The zero-order valence-electron chi connectivity index (χ0n) is 56.2. The van der Waals surface area contributed by atoms with Gasteiger partial charge in [-0.2, -0.15) is 54.8 Å². The van der Waals surface area contributed by atoms with Crippen molar-refractivity contribution in [2.75, 3.05) is 77.0 Å². The van der Waals surface area contributed by atoms with Crippen LogP contribution in [0.3, 0.4) is 0 Å². The van der Waals surface area contributed by atoms with Crippen molar-refractivity contribution in [1.29, 1.82) is 0 Å². The lowest BCUT2D eigenvalue weighted by Crippen LogP contribution is -2.39. The number of ether oxygens (including phenoxy) is 6. The number of nitrogens with zero attached hydrogens (tertiary/aromatic N) is 12. The number of pyridine rings is 3. The van der Waals surface area contributed by atoms with Crippen molar-refractivity contribution in [3.05, 3.63) is 183 Å². The molecule has 0 spiro atoms. The van der Waals surface area contributed by atoms with Crippen molar-refractivity contribution in [3.63, 3.8) is 0 Å². The van der Waals surface area contributed by atoms with Crippen LogP contribution in [0.4, 0.5) is 73.6 Å². The Morgan fingerprint density at radius 3 is 0.755 bits per heavy atom. The first kappa shape index (κ1) is 73.3. The summed E-state index contributed by atoms with van der Waals surface area (Å²) in [6, 6.07) is 35.4. The van der Waals surface area contributed by atoms with Gasteiger partial charge in [0.25, 0.3) is 0 Å². The van der Waals surface area contributed by atoms with Gasteiger partial charge in [0.2, 0.25) is 0 Å². The second-order valence-corrected chi connectivity index (χ2v) is 23.2. The highest BCUT2D eigenvalue weighted by molar-refractivity contribution is 5.90. The lowest BCUT2D eigenvalue weighted by Gasteiger charge is -2.29. The van der Waals surface area contributed by atoms with Crippen molar-refractivity contribution >= 4 is 66.8 Å². The molecule has 3 N–H and O–H groups in total. The highest BCUT2D eigenvalue weighted by Gasteiger charge is 2.42. The molecule has 0 aliphatic heterocycles. The minimum absolute atomic E-state index is 0.371. The average molecular weight is 1420 g/mol. The summed E-state index contributed by atoms with van der Waals surface area (Å²) in [5, 5.41) is 44.3. The number of aromatic nitrogens is 9. The van der Waals surface area contributed by atoms with Crippen LogP contribution in [-0.2, 0) is 21.1 Å². The largest absolute Gasteiger partial charge is 0.497 e. The molecule has 534 valence electrons. The average Bonchev–Trinajstić information content (AvgIpc) is 0.918.